The molecule has 0 amide bonds. The Kier molecular flexibility index (Phi) is 4.79. The second-order valence-corrected chi connectivity index (χ2v) is 5.76. The van der Waals surface area contributed by atoms with Gasteiger partial charge >= 0.3 is 5.97 Å². The fraction of sp³-hybridized carbons (Fsp3) is 0.389. The second-order valence-electron chi connectivity index (χ2n) is 5.76. The zero-order valence-electron chi connectivity index (χ0n) is 13.2. The molecule has 2 aromatic rings. The minimum atomic E-state index is -0.796. The highest BCUT2D eigenvalue weighted by molar-refractivity contribution is 5.87. The quantitative estimate of drug-likeness (QED) is 0.919. The Bertz CT molecular complexity index is 700. The van der Waals surface area contributed by atoms with Crippen molar-refractivity contribution < 1.29 is 19.4 Å². The third-order valence-corrected chi connectivity index (χ3v) is 4.34. The second kappa shape index (κ2) is 6.98. The third kappa shape index (κ3) is 3.46. The molecular weight excluding hydrogens is 294 g/mol. The maximum atomic E-state index is 11.1. The standard InChI is InChI=1S/C18H21NO4/c1-22-17-7-6-13-4-2-3-5-15(13)16(17)11-19-8-9-23-12-14(19)10-18(20)21/h2-7,14H,8-12H2,1H3,(H,20,21)/t14-/m0/s1. The van der Waals surface area contributed by atoms with Gasteiger partial charge in [-0.15, -0.1) is 0 Å². The van der Waals surface area contributed by atoms with Crippen LogP contribution in [-0.4, -0.2) is 48.9 Å². The van der Waals surface area contributed by atoms with E-state index in [-0.39, 0.29) is 12.5 Å². The maximum absolute atomic E-state index is 11.1. The van der Waals surface area contributed by atoms with Gasteiger partial charge in [0.15, 0.2) is 0 Å². The number of morpholine rings is 1. The first-order valence-electron chi connectivity index (χ1n) is 7.77. The van der Waals surface area contributed by atoms with Gasteiger partial charge in [0.2, 0.25) is 0 Å². The van der Waals surface area contributed by atoms with Crippen LogP contribution < -0.4 is 4.74 Å². The van der Waals surface area contributed by atoms with Gasteiger partial charge in [0.05, 0.1) is 26.7 Å². The van der Waals surface area contributed by atoms with E-state index in [0.717, 1.165) is 28.6 Å². The first-order valence-corrected chi connectivity index (χ1v) is 7.77. The molecule has 0 spiro atoms. The Morgan fingerprint density at radius 1 is 1.35 bits per heavy atom. The summed E-state index contributed by atoms with van der Waals surface area (Å²) in [7, 11) is 1.67. The van der Waals surface area contributed by atoms with Gasteiger partial charge in [-0.2, -0.15) is 0 Å². The molecule has 0 aliphatic carbocycles. The molecule has 1 aliphatic heterocycles. The summed E-state index contributed by atoms with van der Waals surface area (Å²) in [5.74, 6) is 0.0413. The highest BCUT2D eigenvalue weighted by Crippen LogP contribution is 2.30. The lowest BCUT2D eigenvalue weighted by molar-refractivity contribution is -0.140. The van der Waals surface area contributed by atoms with Gasteiger partial charge in [0.25, 0.3) is 0 Å². The van der Waals surface area contributed by atoms with Crippen molar-refractivity contribution in [1.29, 1.82) is 0 Å². The number of carboxylic acids is 1. The first-order chi connectivity index (χ1) is 11.2. The molecule has 0 saturated carbocycles. The average Bonchev–Trinajstić information content (AvgIpc) is 2.56. The van der Waals surface area contributed by atoms with E-state index in [9.17, 15) is 4.79 Å². The van der Waals surface area contributed by atoms with Crippen molar-refractivity contribution in [1.82, 2.24) is 4.90 Å². The molecule has 0 bridgehead atoms. The Morgan fingerprint density at radius 3 is 2.96 bits per heavy atom. The van der Waals surface area contributed by atoms with E-state index in [1.54, 1.807) is 7.11 Å². The van der Waals surface area contributed by atoms with Gasteiger partial charge in [-0.25, -0.2) is 0 Å². The highest BCUT2D eigenvalue weighted by Gasteiger charge is 2.26. The van der Waals surface area contributed by atoms with Crippen LogP contribution in [0.1, 0.15) is 12.0 Å². The number of carboxylic acid groups (broad SMARTS) is 1. The van der Waals surface area contributed by atoms with Crippen LogP contribution >= 0.6 is 0 Å². The number of nitrogens with zero attached hydrogens (tertiary/aromatic N) is 1. The zero-order valence-corrected chi connectivity index (χ0v) is 13.2. The molecule has 1 fully saturated rings. The lowest BCUT2D eigenvalue weighted by atomic mass is 10.0. The van der Waals surface area contributed by atoms with Crippen molar-refractivity contribution >= 4 is 16.7 Å². The van der Waals surface area contributed by atoms with E-state index in [1.165, 1.54) is 0 Å². The molecule has 1 aliphatic rings. The van der Waals surface area contributed by atoms with Crippen LogP contribution in [0, 0.1) is 0 Å². The van der Waals surface area contributed by atoms with Crippen molar-refractivity contribution in [2.24, 2.45) is 0 Å². The number of rotatable bonds is 5. The zero-order chi connectivity index (χ0) is 16.2. The van der Waals surface area contributed by atoms with Gasteiger partial charge in [-0.05, 0) is 16.8 Å². The van der Waals surface area contributed by atoms with E-state index in [0.29, 0.717) is 19.8 Å². The molecule has 23 heavy (non-hydrogen) atoms. The summed E-state index contributed by atoms with van der Waals surface area (Å²) >= 11 is 0. The van der Waals surface area contributed by atoms with Crippen molar-refractivity contribution in [3.8, 4) is 5.75 Å². The van der Waals surface area contributed by atoms with Crippen molar-refractivity contribution in [2.75, 3.05) is 26.9 Å². The Hall–Kier alpha value is -2.11. The van der Waals surface area contributed by atoms with E-state index in [1.807, 2.05) is 24.3 Å². The van der Waals surface area contributed by atoms with E-state index < -0.39 is 5.97 Å². The fourth-order valence-corrected chi connectivity index (χ4v) is 3.16. The van der Waals surface area contributed by atoms with Crippen molar-refractivity contribution in [2.45, 2.75) is 19.0 Å². The Labute approximate surface area is 135 Å². The SMILES string of the molecule is COc1ccc2ccccc2c1CN1CCOC[C@@H]1CC(=O)O. The van der Waals surface area contributed by atoms with Crippen molar-refractivity contribution in [3.05, 3.63) is 42.0 Å². The number of hydrogen-bond donors (Lipinski definition) is 1. The molecular formula is C18H21NO4. The van der Waals surface area contributed by atoms with E-state index in [4.69, 9.17) is 14.6 Å². The van der Waals surface area contributed by atoms with Gasteiger partial charge in [-0.3, -0.25) is 9.69 Å². The molecule has 1 N–H and O–H groups in total. The van der Waals surface area contributed by atoms with Crippen LogP contribution in [0.5, 0.6) is 5.75 Å². The summed E-state index contributed by atoms with van der Waals surface area (Å²) in [6.07, 6.45) is 0.0904. The number of ether oxygens (including phenoxy) is 2. The van der Waals surface area contributed by atoms with Crippen LogP contribution in [0.3, 0.4) is 0 Å². The number of benzene rings is 2. The molecule has 0 radical (unpaired) electrons. The smallest absolute Gasteiger partial charge is 0.305 e. The molecule has 5 nitrogen and oxygen atoms in total. The lowest BCUT2D eigenvalue weighted by Gasteiger charge is -2.35. The molecule has 0 unspecified atom stereocenters. The normalized spacial score (nSPS) is 18.9. The summed E-state index contributed by atoms with van der Waals surface area (Å²) in [6, 6.07) is 12.1. The van der Waals surface area contributed by atoms with Gasteiger partial charge in [-0.1, -0.05) is 30.3 Å². The summed E-state index contributed by atoms with van der Waals surface area (Å²) < 4.78 is 11.0. The van der Waals surface area contributed by atoms with Crippen LogP contribution in [0.2, 0.25) is 0 Å². The van der Waals surface area contributed by atoms with Gasteiger partial charge in [0.1, 0.15) is 5.75 Å². The molecule has 1 heterocycles. The first kappa shape index (κ1) is 15.8. The minimum Gasteiger partial charge on any atom is -0.496 e. The number of hydrogen-bond acceptors (Lipinski definition) is 4. The number of fused-ring (bicyclic) bond motifs is 1. The van der Waals surface area contributed by atoms with Crippen LogP contribution in [0.15, 0.2) is 36.4 Å². The summed E-state index contributed by atoms with van der Waals surface area (Å²) in [4.78, 5) is 13.3. The summed E-state index contributed by atoms with van der Waals surface area (Å²) in [5.41, 5.74) is 1.10. The molecule has 122 valence electrons. The third-order valence-electron chi connectivity index (χ3n) is 4.34. The largest absolute Gasteiger partial charge is 0.496 e. The van der Waals surface area contributed by atoms with Crippen LogP contribution in [0.4, 0.5) is 0 Å². The Balaban J connectivity index is 1.94. The van der Waals surface area contributed by atoms with Crippen LogP contribution in [0.25, 0.3) is 10.8 Å². The highest BCUT2D eigenvalue weighted by atomic mass is 16.5. The summed E-state index contributed by atoms with van der Waals surface area (Å²) in [6.45, 7) is 2.47. The Morgan fingerprint density at radius 2 is 2.17 bits per heavy atom. The van der Waals surface area contributed by atoms with E-state index >= 15 is 0 Å². The molecule has 3 rings (SSSR count). The van der Waals surface area contributed by atoms with Gasteiger partial charge in [0, 0.05) is 24.7 Å². The maximum Gasteiger partial charge on any atom is 0.305 e. The molecule has 2 aromatic carbocycles. The predicted octanol–water partition coefficient (Wildman–Crippen LogP) is 2.52. The predicted molar refractivity (Wildman–Crippen MR) is 87.8 cm³/mol. The lowest BCUT2D eigenvalue weighted by Crippen LogP contribution is -2.45. The molecule has 5 heteroatoms. The topological polar surface area (TPSA) is 59.0 Å². The minimum absolute atomic E-state index is 0.0904. The molecule has 1 atom stereocenters. The van der Waals surface area contributed by atoms with Crippen molar-refractivity contribution in [3.63, 3.8) is 0 Å². The monoisotopic (exact) mass is 315 g/mol. The molecule has 1 saturated heterocycles. The van der Waals surface area contributed by atoms with E-state index in [2.05, 4.69) is 17.0 Å². The van der Waals surface area contributed by atoms with Gasteiger partial charge < -0.3 is 14.6 Å². The average molecular weight is 315 g/mol. The number of methoxy groups -OCH3 is 1. The molecule has 0 aromatic heterocycles. The van der Waals surface area contributed by atoms with Crippen LogP contribution in [-0.2, 0) is 16.1 Å². The fourth-order valence-electron chi connectivity index (χ4n) is 3.16. The number of aliphatic carboxylic acids is 1. The summed E-state index contributed by atoms with van der Waals surface area (Å²) in [5, 5.41) is 11.4. The number of carbonyl (C=O) groups is 1.